The quantitative estimate of drug-likeness (QED) is 0.340. The van der Waals surface area contributed by atoms with Gasteiger partial charge in [-0.25, -0.2) is 0 Å². The van der Waals surface area contributed by atoms with Crippen LogP contribution in [0.3, 0.4) is 0 Å². The highest BCUT2D eigenvalue weighted by Gasteiger charge is 2.32. The third kappa shape index (κ3) is 6.85. The topological polar surface area (TPSA) is 47.9 Å². The van der Waals surface area contributed by atoms with Crippen LogP contribution < -0.4 is 4.74 Å². The van der Waals surface area contributed by atoms with E-state index in [1.54, 1.807) is 0 Å². The van der Waals surface area contributed by atoms with Gasteiger partial charge in [0.15, 0.2) is 0 Å². The van der Waals surface area contributed by atoms with Crippen LogP contribution in [0.5, 0.6) is 5.75 Å². The van der Waals surface area contributed by atoms with Crippen LogP contribution in [0.2, 0.25) is 0 Å². The molecule has 0 bridgehead atoms. The predicted molar refractivity (Wildman–Crippen MR) is 154 cm³/mol. The summed E-state index contributed by atoms with van der Waals surface area (Å²) in [7, 11) is 0. The van der Waals surface area contributed by atoms with Crippen LogP contribution in [0.25, 0.3) is 6.08 Å². The summed E-state index contributed by atoms with van der Waals surface area (Å²) in [5.74, 6) is 0.897. The Morgan fingerprint density at radius 2 is 1.57 bits per heavy atom. The molecule has 0 aliphatic carbocycles. The van der Waals surface area contributed by atoms with E-state index < -0.39 is 5.60 Å². The van der Waals surface area contributed by atoms with Crippen LogP contribution in [0.4, 0.5) is 0 Å². The van der Waals surface area contributed by atoms with E-state index in [1.165, 1.54) is 16.7 Å². The van der Waals surface area contributed by atoms with E-state index in [0.717, 1.165) is 29.7 Å². The van der Waals surface area contributed by atoms with Crippen LogP contribution in [0, 0.1) is 13.8 Å². The summed E-state index contributed by atoms with van der Waals surface area (Å²) in [6, 6.07) is 13.4. The van der Waals surface area contributed by atoms with Crippen LogP contribution in [0.15, 0.2) is 42.5 Å². The van der Waals surface area contributed by atoms with Crippen molar-refractivity contribution >= 4 is 6.08 Å². The van der Waals surface area contributed by atoms with Gasteiger partial charge in [0.1, 0.15) is 18.5 Å². The number of hydrogen-bond acceptors (Lipinski definition) is 4. The fraction of sp³-hybridized carbons (Fsp3) is 0.576. The molecule has 2 aromatic carbocycles. The lowest BCUT2D eigenvalue weighted by atomic mass is 9.70. The summed E-state index contributed by atoms with van der Waals surface area (Å²) in [4.78, 5) is 0. The predicted octanol–water partition coefficient (Wildman–Crippen LogP) is 7.55. The maximum absolute atomic E-state index is 10.7. The zero-order valence-corrected chi connectivity index (χ0v) is 24.3. The molecule has 1 atom stereocenters. The molecule has 1 unspecified atom stereocenters. The molecule has 1 N–H and O–H groups in total. The standard InChI is InChI=1S/C33H48O4/c1-9-32(34,10-2)18-17-26-13-14-27(19-24(26)5)33(11-3,12-4)28-15-16-30(25(6)20-28)35-21-29-22-37-31(7,8)23-36-29/h13-20,29,34H,9-12,21-23H2,1-8H3. The van der Waals surface area contributed by atoms with Crippen molar-refractivity contribution in [3.05, 3.63) is 70.3 Å². The molecule has 0 spiro atoms. The van der Waals surface area contributed by atoms with Gasteiger partial charge in [0.2, 0.25) is 0 Å². The second-order valence-electron chi connectivity index (χ2n) is 11.3. The van der Waals surface area contributed by atoms with E-state index in [2.05, 4.69) is 70.2 Å². The van der Waals surface area contributed by atoms with Crippen LogP contribution >= 0.6 is 0 Å². The van der Waals surface area contributed by atoms with E-state index in [9.17, 15) is 5.11 Å². The van der Waals surface area contributed by atoms with E-state index >= 15 is 0 Å². The lowest BCUT2D eigenvalue weighted by molar-refractivity contribution is -0.181. The first-order valence-corrected chi connectivity index (χ1v) is 14.0. The van der Waals surface area contributed by atoms with Gasteiger partial charge < -0.3 is 19.3 Å². The normalized spacial score (nSPS) is 18.4. The minimum Gasteiger partial charge on any atom is -0.491 e. The number of rotatable bonds is 11. The third-order valence-electron chi connectivity index (χ3n) is 8.31. The van der Waals surface area contributed by atoms with Crippen molar-refractivity contribution < 1.29 is 19.3 Å². The van der Waals surface area contributed by atoms with Crippen molar-refractivity contribution in [1.29, 1.82) is 0 Å². The van der Waals surface area contributed by atoms with Gasteiger partial charge in [0.05, 0.1) is 24.4 Å². The lowest BCUT2D eigenvalue weighted by Gasteiger charge is -2.35. The molecular weight excluding hydrogens is 460 g/mol. The van der Waals surface area contributed by atoms with Crippen molar-refractivity contribution in [2.24, 2.45) is 0 Å². The summed E-state index contributed by atoms with van der Waals surface area (Å²) in [6.07, 6.45) is 7.42. The largest absolute Gasteiger partial charge is 0.491 e. The smallest absolute Gasteiger partial charge is 0.122 e. The molecule has 0 saturated carbocycles. The molecule has 4 nitrogen and oxygen atoms in total. The van der Waals surface area contributed by atoms with E-state index in [4.69, 9.17) is 14.2 Å². The van der Waals surface area contributed by atoms with Crippen LogP contribution in [-0.2, 0) is 14.9 Å². The highest BCUT2D eigenvalue weighted by Crippen LogP contribution is 2.41. The minimum absolute atomic E-state index is 0.0429. The summed E-state index contributed by atoms with van der Waals surface area (Å²) in [5.41, 5.74) is 5.12. The van der Waals surface area contributed by atoms with Crippen molar-refractivity contribution in [3.8, 4) is 5.75 Å². The fourth-order valence-corrected chi connectivity index (χ4v) is 5.24. The monoisotopic (exact) mass is 508 g/mol. The molecule has 1 aliphatic heterocycles. The Balaban J connectivity index is 1.81. The zero-order valence-electron chi connectivity index (χ0n) is 24.3. The third-order valence-corrected chi connectivity index (χ3v) is 8.31. The van der Waals surface area contributed by atoms with E-state index in [1.807, 2.05) is 33.8 Å². The molecule has 1 heterocycles. The van der Waals surface area contributed by atoms with Crippen molar-refractivity contribution in [1.82, 2.24) is 0 Å². The number of aryl methyl sites for hydroxylation is 2. The Labute approximate surface area is 225 Å². The number of hydrogen-bond donors (Lipinski definition) is 1. The Kier molecular flexibility index (Phi) is 9.66. The first kappa shape index (κ1) is 29.4. The van der Waals surface area contributed by atoms with E-state index in [0.29, 0.717) is 32.7 Å². The Morgan fingerprint density at radius 1 is 0.946 bits per heavy atom. The van der Waals surface area contributed by atoms with Gasteiger partial charge in [-0.1, -0.05) is 70.2 Å². The van der Waals surface area contributed by atoms with Gasteiger partial charge in [0.25, 0.3) is 0 Å². The van der Waals surface area contributed by atoms with Gasteiger partial charge in [-0.3, -0.25) is 0 Å². The average molecular weight is 509 g/mol. The molecule has 4 heteroatoms. The van der Waals surface area contributed by atoms with Crippen molar-refractivity contribution in [3.63, 3.8) is 0 Å². The summed E-state index contributed by atoms with van der Waals surface area (Å²) in [6.45, 7) is 18.6. The van der Waals surface area contributed by atoms with E-state index in [-0.39, 0.29) is 17.1 Å². The summed E-state index contributed by atoms with van der Waals surface area (Å²) in [5, 5.41) is 10.7. The molecule has 1 fully saturated rings. The molecular formula is C33H48O4. The van der Waals surface area contributed by atoms with Gasteiger partial charge in [-0.05, 0) is 87.3 Å². The lowest BCUT2D eigenvalue weighted by Crippen LogP contribution is -2.44. The maximum atomic E-state index is 10.7. The van der Waals surface area contributed by atoms with Gasteiger partial charge >= 0.3 is 0 Å². The molecule has 1 aliphatic rings. The Morgan fingerprint density at radius 3 is 2.08 bits per heavy atom. The number of benzene rings is 2. The van der Waals surface area contributed by atoms with Crippen LogP contribution in [0.1, 0.15) is 95.0 Å². The highest BCUT2D eigenvalue weighted by atomic mass is 16.6. The fourth-order valence-electron chi connectivity index (χ4n) is 5.24. The molecule has 37 heavy (non-hydrogen) atoms. The van der Waals surface area contributed by atoms with Crippen molar-refractivity contribution in [2.45, 2.75) is 104 Å². The van der Waals surface area contributed by atoms with Gasteiger partial charge in [-0.2, -0.15) is 0 Å². The highest BCUT2D eigenvalue weighted by molar-refractivity contribution is 5.57. The summed E-state index contributed by atoms with van der Waals surface area (Å²) < 4.78 is 18.0. The second kappa shape index (κ2) is 12.1. The summed E-state index contributed by atoms with van der Waals surface area (Å²) >= 11 is 0. The molecule has 0 aromatic heterocycles. The molecule has 0 radical (unpaired) electrons. The van der Waals surface area contributed by atoms with Crippen molar-refractivity contribution in [2.75, 3.05) is 19.8 Å². The van der Waals surface area contributed by atoms with Crippen LogP contribution in [-0.4, -0.2) is 42.2 Å². The minimum atomic E-state index is -0.740. The number of ether oxygens (including phenoxy) is 3. The Hall–Kier alpha value is -2.14. The Bertz CT molecular complexity index is 1050. The van der Waals surface area contributed by atoms with Gasteiger partial charge in [0, 0.05) is 5.41 Å². The average Bonchev–Trinajstić information content (AvgIpc) is 2.89. The van der Waals surface area contributed by atoms with Gasteiger partial charge in [-0.15, -0.1) is 0 Å². The molecule has 1 saturated heterocycles. The maximum Gasteiger partial charge on any atom is 0.122 e. The molecule has 2 aromatic rings. The molecule has 3 rings (SSSR count). The second-order valence-corrected chi connectivity index (χ2v) is 11.3. The first-order chi connectivity index (χ1) is 17.5. The molecule has 0 amide bonds. The molecule has 204 valence electrons. The zero-order chi connectivity index (χ0) is 27.3. The first-order valence-electron chi connectivity index (χ1n) is 14.0. The SMILES string of the molecule is CCC(O)(C=Cc1ccc(C(CC)(CC)c2ccc(OCC3COC(C)(C)CO3)c(C)c2)cc1C)CC. The number of aliphatic hydroxyl groups is 1.